The number of carbonyl (C=O) groups is 1. The lowest BCUT2D eigenvalue weighted by Crippen LogP contribution is -2.40. The van der Waals surface area contributed by atoms with Crippen LogP contribution in [0.5, 0.6) is 0 Å². The average molecular weight is 418 g/mol. The van der Waals surface area contributed by atoms with Crippen LogP contribution in [0.3, 0.4) is 0 Å². The fourth-order valence-corrected chi connectivity index (χ4v) is 5.07. The monoisotopic (exact) mass is 417 g/mol. The minimum atomic E-state index is 0.0686. The van der Waals surface area contributed by atoms with Gasteiger partial charge in [-0.15, -0.1) is 0 Å². The van der Waals surface area contributed by atoms with Crippen LogP contribution in [0.4, 0.5) is 5.82 Å². The molecular weight excluding hydrogens is 390 g/mol. The topological polar surface area (TPSA) is 45.6 Å². The van der Waals surface area contributed by atoms with Gasteiger partial charge in [-0.3, -0.25) is 9.69 Å². The van der Waals surface area contributed by atoms with E-state index in [2.05, 4.69) is 23.2 Å². The van der Waals surface area contributed by atoms with E-state index in [1.54, 1.807) is 0 Å². The molecule has 5 heteroatoms. The maximum absolute atomic E-state index is 13.4. The van der Waals surface area contributed by atoms with E-state index in [1.807, 2.05) is 61.2 Å². The van der Waals surface area contributed by atoms with Gasteiger partial charge in [0, 0.05) is 11.7 Å². The van der Waals surface area contributed by atoms with Gasteiger partial charge in [-0.2, -0.15) is 0 Å². The summed E-state index contributed by atoms with van der Waals surface area (Å²) < 4.78 is 0. The third-order valence-electron chi connectivity index (χ3n) is 5.41. The van der Waals surface area contributed by atoms with E-state index in [9.17, 15) is 4.79 Å². The number of aromatic nitrogens is 1. The third kappa shape index (κ3) is 4.90. The van der Waals surface area contributed by atoms with Crippen molar-refractivity contribution in [1.29, 1.82) is 0 Å². The van der Waals surface area contributed by atoms with Crippen molar-refractivity contribution in [1.82, 2.24) is 9.88 Å². The maximum Gasteiger partial charge on any atom is 0.266 e. The Hall–Kier alpha value is -2.66. The number of thioether (sulfide) groups is 1. The minimum absolute atomic E-state index is 0.0686. The van der Waals surface area contributed by atoms with Gasteiger partial charge in [0.1, 0.15) is 0 Å². The molecule has 1 saturated carbocycles. The zero-order valence-corrected chi connectivity index (χ0v) is 18.4. The van der Waals surface area contributed by atoms with E-state index < -0.39 is 0 Å². The van der Waals surface area contributed by atoms with Crippen LogP contribution in [0, 0.1) is 6.92 Å². The van der Waals surface area contributed by atoms with E-state index in [-0.39, 0.29) is 11.9 Å². The average Bonchev–Trinajstić information content (AvgIpc) is 3.04. The first-order chi connectivity index (χ1) is 14.6. The molecule has 4 rings (SSSR count). The SMILES string of the molecule is CC(/C=C1\S/C(=N/c2cccc(C)n2)N(C2CCCCC2)C1=O)=C\c1ccccc1. The van der Waals surface area contributed by atoms with Gasteiger partial charge in [0.25, 0.3) is 5.91 Å². The van der Waals surface area contributed by atoms with Crippen LogP contribution in [0.2, 0.25) is 0 Å². The number of rotatable bonds is 4. The standard InChI is InChI=1S/C25H27N3OS/c1-18(16-20-11-5-3-6-12-20)17-22-24(29)28(21-13-7-4-8-14-21)25(30-22)27-23-15-9-10-19(2)26-23/h3,5-6,9-12,15-17,21H,4,7-8,13-14H2,1-2H3/b18-16+,22-17-,27-25+. The maximum atomic E-state index is 13.4. The number of carbonyl (C=O) groups excluding carboxylic acids is 1. The summed E-state index contributed by atoms with van der Waals surface area (Å²) in [6, 6.07) is 16.2. The minimum Gasteiger partial charge on any atom is -0.283 e. The van der Waals surface area contributed by atoms with E-state index in [4.69, 9.17) is 4.99 Å². The summed E-state index contributed by atoms with van der Waals surface area (Å²) in [4.78, 5) is 25.3. The molecular formula is C25H27N3OS. The van der Waals surface area contributed by atoms with Gasteiger partial charge in [-0.05, 0) is 67.8 Å². The lowest BCUT2D eigenvalue weighted by Gasteiger charge is -2.30. The number of amidine groups is 1. The Bertz CT molecular complexity index is 1000. The Balaban J connectivity index is 1.66. The Kier molecular flexibility index (Phi) is 6.48. The number of benzene rings is 1. The highest BCUT2D eigenvalue weighted by molar-refractivity contribution is 8.18. The molecule has 1 aliphatic carbocycles. The number of hydrogen-bond donors (Lipinski definition) is 0. The molecule has 0 spiro atoms. The second-order valence-corrected chi connectivity index (χ2v) is 8.92. The zero-order valence-electron chi connectivity index (χ0n) is 17.5. The fraction of sp³-hybridized carbons (Fsp3) is 0.320. The van der Waals surface area contributed by atoms with Crippen LogP contribution in [-0.4, -0.2) is 27.0 Å². The third-order valence-corrected chi connectivity index (χ3v) is 6.40. The van der Waals surface area contributed by atoms with Crippen molar-refractivity contribution in [3.05, 3.63) is 76.3 Å². The van der Waals surface area contributed by atoms with Gasteiger partial charge in [0.15, 0.2) is 11.0 Å². The summed E-state index contributed by atoms with van der Waals surface area (Å²) >= 11 is 1.47. The van der Waals surface area contributed by atoms with Gasteiger partial charge in [0.2, 0.25) is 0 Å². The Morgan fingerprint density at radius 2 is 1.87 bits per heavy atom. The predicted octanol–water partition coefficient (Wildman–Crippen LogP) is 6.27. The molecule has 30 heavy (non-hydrogen) atoms. The first kappa shape index (κ1) is 20.6. The van der Waals surface area contributed by atoms with Crippen molar-refractivity contribution >= 4 is 34.7 Å². The van der Waals surface area contributed by atoms with Gasteiger partial charge in [-0.1, -0.05) is 61.7 Å². The molecule has 0 bridgehead atoms. The van der Waals surface area contributed by atoms with Gasteiger partial charge < -0.3 is 0 Å². The molecule has 0 atom stereocenters. The summed E-state index contributed by atoms with van der Waals surface area (Å²) in [5.41, 5.74) is 3.10. The number of amides is 1. The number of nitrogens with zero attached hydrogens (tertiary/aromatic N) is 3. The van der Waals surface area contributed by atoms with Crippen molar-refractivity contribution in [2.75, 3.05) is 0 Å². The van der Waals surface area contributed by atoms with E-state index in [0.29, 0.717) is 5.82 Å². The molecule has 0 unspecified atom stereocenters. The molecule has 1 aromatic heterocycles. The quantitative estimate of drug-likeness (QED) is 0.551. The highest BCUT2D eigenvalue weighted by Gasteiger charge is 2.38. The highest BCUT2D eigenvalue weighted by Crippen LogP contribution is 2.38. The lowest BCUT2D eigenvalue weighted by molar-refractivity contribution is -0.124. The van der Waals surface area contributed by atoms with E-state index >= 15 is 0 Å². The van der Waals surface area contributed by atoms with E-state index in [0.717, 1.165) is 39.7 Å². The molecule has 0 radical (unpaired) electrons. The second kappa shape index (κ2) is 9.43. The Morgan fingerprint density at radius 1 is 1.10 bits per heavy atom. The molecule has 2 aromatic rings. The van der Waals surface area contributed by atoms with Crippen molar-refractivity contribution < 1.29 is 4.79 Å². The fourth-order valence-electron chi connectivity index (χ4n) is 3.98. The number of pyridine rings is 1. The number of hydrogen-bond acceptors (Lipinski definition) is 4. The van der Waals surface area contributed by atoms with Crippen LogP contribution in [0.1, 0.15) is 50.3 Å². The van der Waals surface area contributed by atoms with Gasteiger partial charge in [-0.25, -0.2) is 9.98 Å². The molecule has 2 heterocycles. The summed E-state index contributed by atoms with van der Waals surface area (Å²) in [5, 5.41) is 0.753. The van der Waals surface area contributed by atoms with Crippen LogP contribution in [0.15, 0.2) is 70.1 Å². The highest BCUT2D eigenvalue weighted by atomic mass is 32.2. The molecule has 1 aromatic carbocycles. The molecule has 4 nitrogen and oxygen atoms in total. The molecule has 1 amide bonds. The van der Waals surface area contributed by atoms with Gasteiger partial charge in [0.05, 0.1) is 4.91 Å². The molecule has 0 N–H and O–H groups in total. The second-order valence-electron chi connectivity index (χ2n) is 7.91. The summed E-state index contributed by atoms with van der Waals surface area (Å²) in [5.74, 6) is 0.725. The van der Waals surface area contributed by atoms with Crippen LogP contribution in [-0.2, 0) is 4.79 Å². The predicted molar refractivity (Wildman–Crippen MR) is 126 cm³/mol. The number of allylic oxidation sites excluding steroid dienone is 2. The lowest BCUT2D eigenvalue weighted by atomic mass is 9.94. The number of aryl methyl sites for hydroxylation is 1. The summed E-state index contributed by atoms with van der Waals surface area (Å²) in [6.07, 6.45) is 9.75. The van der Waals surface area contributed by atoms with Crippen molar-refractivity contribution in [3.8, 4) is 0 Å². The van der Waals surface area contributed by atoms with Crippen molar-refractivity contribution in [2.24, 2.45) is 4.99 Å². The Labute approximate surface area is 182 Å². The largest absolute Gasteiger partial charge is 0.283 e. The van der Waals surface area contributed by atoms with Crippen LogP contribution in [0.25, 0.3) is 6.08 Å². The van der Waals surface area contributed by atoms with Crippen molar-refractivity contribution in [3.63, 3.8) is 0 Å². The molecule has 154 valence electrons. The zero-order chi connectivity index (χ0) is 20.9. The summed E-state index contributed by atoms with van der Waals surface area (Å²) in [6.45, 7) is 3.99. The van der Waals surface area contributed by atoms with Crippen LogP contribution < -0.4 is 0 Å². The first-order valence-electron chi connectivity index (χ1n) is 10.6. The van der Waals surface area contributed by atoms with Crippen molar-refractivity contribution in [2.45, 2.75) is 52.0 Å². The van der Waals surface area contributed by atoms with Crippen LogP contribution >= 0.6 is 11.8 Å². The van der Waals surface area contributed by atoms with Gasteiger partial charge >= 0.3 is 0 Å². The summed E-state index contributed by atoms with van der Waals surface area (Å²) in [7, 11) is 0. The Morgan fingerprint density at radius 3 is 2.60 bits per heavy atom. The number of aliphatic imine (C=N–C) groups is 1. The smallest absolute Gasteiger partial charge is 0.266 e. The normalized spacial score (nSPS) is 21.1. The van der Waals surface area contributed by atoms with E-state index in [1.165, 1.54) is 31.0 Å². The molecule has 1 saturated heterocycles. The molecule has 2 fully saturated rings. The molecule has 1 aliphatic heterocycles. The molecule has 2 aliphatic rings. The first-order valence-corrected chi connectivity index (χ1v) is 11.4.